The Hall–Kier alpha value is -2.35. The Labute approximate surface area is 79.8 Å². The van der Waals surface area contributed by atoms with Crippen molar-refractivity contribution in [2.45, 2.75) is 0 Å². The van der Waals surface area contributed by atoms with Crippen LogP contribution in [0.4, 0.5) is 5.69 Å². The quantitative estimate of drug-likeness (QED) is 0.659. The third-order valence-electron chi connectivity index (χ3n) is 1.39. The molecule has 14 heavy (non-hydrogen) atoms. The van der Waals surface area contributed by atoms with Crippen LogP contribution in [-0.2, 0) is 4.79 Å². The van der Waals surface area contributed by atoms with Gasteiger partial charge in [0.1, 0.15) is 0 Å². The molecule has 1 aromatic rings. The summed E-state index contributed by atoms with van der Waals surface area (Å²) in [4.78, 5) is 25.0. The Kier molecular flexibility index (Phi) is 2.82. The van der Waals surface area contributed by atoms with Gasteiger partial charge in [0, 0.05) is 6.20 Å². The molecule has 5 nitrogen and oxygen atoms in total. The van der Waals surface area contributed by atoms with Gasteiger partial charge in [-0.1, -0.05) is 0 Å². The molecule has 5 heteroatoms. The van der Waals surface area contributed by atoms with Crippen LogP contribution in [0.25, 0.3) is 0 Å². The molecule has 0 atom stereocenters. The number of nitrogens with zero attached hydrogens (tertiary/aromatic N) is 1. The van der Waals surface area contributed by atoms with E-state index in [9.17, 15) is 9.59 Å². The van der Waals surface area contributed by atoms with Crippen LogP contribution in [0.3, 0.4) is 0 Å². The van der Waals surface area contributed by atoms with Crippen LogP contribution >= 0.6 is 0 Å². The number of hydrogen-bond acceptors (Lipinski definition) is 3. The van der Waals surface area contributed by atoms with E-state index < -0.39 is 11.9 Å². The highest BCUT2D eigenvalue weighted by Crippen LogP contribution is 2.11. The maximum Gasteiger partial charge on any atom is 0.356 e. The highest BCUT2D eigenvalue weighted by Gasteiger charge is 2.11. The van der Waals surface area contributed by atoms with Crippen molar-refractivity contribution < 1.29 is 14.7 Å². The minimum absolute atomic E-state index is 0.0861. The normalized spacial score (nSPS) is 8.79. The van der Waals surface area contributed by atoms with Crippen LogP contribution in [0.15, 0.2) is 18.3 Å². The van der Waals surface area contributed by atoms with Gasteiger partial charge in [0.15, 0.2) is 5.69 Å². The molecule has 0 aliphatic carbocycles. The lowest BCUT2D eigenvalue weighted by atomic mass is 10.3. The minimum atomic E-state index is -1.22. The number of anilines is 1. The fourth-order valence-electron chi connectivity index (χ4n) is 0.835. The zero-order chi connectivity index (χ0) is 10.6. The third kappa shape index (κ3) is 2.08. The van der Waals surface area contributed by atoms with E-state index in [1.54, 1.807) is 0 Å². The van der Waals surface area contributed by atoms with E-state index in [-0.39, 0.29) is 11.4 Å². The van der Waals surface area contributed by atoms with Crippen molar-refractivity contribution in [2.24, 2.45) is 0 Å². The van der Waals surface area contributed by atoms with Crippen LogP contribution in [0.1, 0.15) is 10.5 Å². The summed E-state index contributed by atoms with van der Waals surface area (Å²) in [7, 11) is 0. The van der Waals surface area contributed by atoms with E-state index in [4.69, 9.17) is 11.5 Å². The summed E-state index contributed by atoms with van der Waals surface area (Å²) in [5.41, 5.74) is -0.154. The van der Waals surface area contributed by atoms with Gasteiger partial charge in [0.05, 0.1) is 5.69 Å². The van der Waals surface area contributed by atoms with E-state index in [1.165, 1.54) is 18.3 Å². The minimum Gasteiger partial charge on any atom is -0.476 e. The molecule has 1 heterocycles. The van der Waals surface area contributed by atoms with Gasteiger partial charge in [-0.2, -0.15) is 0 Å². The molecule has 0 bridgehead atoms. The molecule has 0 radical (unpaired) electrons. The molecule has 0 aromatic carbocycles. The van der Waals surface area contributed by atoms with Gasteiger partial charge in [-0.15, -0.1) is 6.42 Å². The average Bonchev–Trinajstić information content (AvgIpc) is 2.18. The molecule has 0 saturated heterocycles. The number of carbonyl (C=O) groups excluding carboxylic acids is 1. The topological polar surface area (TPSA) is 79.3 Å². The Balaban J connectivity index is 3.03. The Morgan fingerprint density at radius 1 is 1.57 bits per heavy atom. The number of nitrogens with one attached hydrogen (secondary N) is 1. The van der Waals surface area contributed by atoms with Gasteiger partial charge < -0.3 is 10.4 Å². The average molecular weight is 190 g/mol. The van der Waals surface area contributed by atoms with Crippen molar-refractivity contribution in [2.75, 3.05) is 5.32 Å². The molecular weight excluding hydrogens is 184 g/mol. The number of carboxylic acids is 1. The molecule has 0 fully saturated rings. The van der Waals surface area contributed by atoms with Gasteiger partial charge in [0.25, 0.3) is 5.91 Å². The van der Waals surface area contributed by atoms with Crippen molar-refractivity contribution in [3.05, 3.63) is 24.0 Å². The zero-order valence-corrected chi connectivity index (χ0v) is 7.02. The summed E-state index contributed by atoms with van der Waals surface area (Å²) in [6.45, 7) is 0. The summed E-state index contributed by atoms with van der Waals surface area (Å²) < 4.78 is 0. The van der Waals surface area contributed by atoms with Gasteiger partial charge in [-0.25, -0.2) is 9.78 Å². The second-order valence-electron chi connectivity index (χ2n) is 2.30. The number of terminal acetylenes is 1. The van der Waals surface area contributed by atoms with Crippen LogP contribution in [0, 0.1) is 12.3 Å². The number of carboxylic acid groups (broad SMARTS) is 1. The summed E-state index contributed by atoms with van der Waals surface area (Å²) in [6.07, 6.45) is 6.13. The van der Waals surface area contributed by atoms with Crippen molar-refractivity contribution in [1.29, 1.82) is 0 Å². The Morgan fingerprint density at radius 3 is 2.86 bits per heavy atom. The summed E-state index contributed by atoms with van der Waals surface area (Å²) in [5.74, 6) is -0.123. The SMILES string of the molecule is C#CC(=O)Nc1cccnc1C(=O)O. The Morgan fingerprint density at radius 2 is 2.29 bits per heavy atom. The molecule has 70 valence electrons. The van der Waals surface area contributed by atoms with Crippen molar-refractivity contribution >= 4 is 17.6 Å². The smallest absolute Gasteiger partial charge is 0.356 e. The first-order valence-electron chi connectivity index (χ1n) is 3.61. The molecule has 1 aromatic heterocycles. The molecule has 0 spiro atoms. The lowest BCUT2D eigenvalue weighted by Gasteiger charge is -2.03. The zero-order valence-electron chi connectivity index (χ0n) is 7.02. The number of pyridine rings is 1. The lowest BCUT2D eigenvalue weighted by Crippen LogP contribution is -2.13. The van der Waals surface area contributed by atoms with Gasteiger partial charge in [0.2, 0.25) is 0 Å². The summed E-state index contributed by atoms with van der Waals surface area (Å²) in [5, 5.41) is 10.9. The van der Waals surface area contributed by atoms with E-state index in [1.807, 2.05) is 5.92 Å². The third-order valence-corrected chi connectivity index (χ3v) is 1.39. The predicted molar refractivity (Wildman–Crippen MR) is 48.7 cm³/mol. The second-order valence-corrected chi connectivity index (χ2v) is 2.30. The fraction of sp³-hybridized carbons (Fsp3) is 0. The largest absolute Gasteiger partial charge is 0.476 e. The standard InChI is InChI=1S/C9H6N2O3/c1-2-7(12)11-6-4-3-5-10-8(6)9(13)14/h1,3-5H,(H,11,12)(H,13,14). The molecule has 0 unspecified atom stereocenters. The maximum absolute atomic E-state index is 10.8. The lowest BCUT2D eigenvalue weighted by molar-refractivity contribution is -0.111. The van der Waals surface area contributed by atoms with Crippen molar-refractivity contribution in [3.63, 3.8) is 0 Å². The van der Waals surface area contributed by atoms with E-state index in [2.05, 4.69) is 10.3 Å². The fourth-order valence-corrected chi connectivity index (χ4v) is 0.835. The van der Waals surface area contributed by atoms with Crippen LogP contribution in [0.5, 0.6) is 0 Å². The highest BCUT2D eigenvalue weighted by molar-refractivity contribution is 6.06. The predicted octanol–water partition coefficient (Wildman–Crippen LogP) is 0.351. The summed E-state index contributed by atoms with van der Waals surface area (Å²) in [6, 6.07) is 2.91. The maximum atomic E-state index is 10.8. The van der Waals surface area contributed by atoms with Crippen molar-refractivity contribution in [3.8, 4) is 12.3 Å². The number of amides is 1. The molecule has 0 aliphatic heterocycles. The number of carbonyl (C=O) groups is 2. The van der Waals surface area contributed by atoms with E-state index in [0.29, 0.717) is 0 Å². The van der Waals surface area contributed by atoms with Crippen LogP contribution in [0.2, 0.25) is 0 Å². The molecule has 1 rings (SSSR count). The van der Waals surface area contributed by atoms with E-state index >= 15 is 0 Å². The molecule has 1 amide bonds. The number of aromatic carboxylic acids is 1. The number of hydrogen-bond donors (Lipinski definition) is 2. The van der Waals surface area contributed by atoms with Gasteiger partial charge >= 0.3 is 5.97 Å². The number of rotatable bonds is 2. The summed E-state index contributed by atoms with van der Waals surface area (Å²) >= 11 is 0. The monoisotopic (exact) mass is 190 g/mol. The van der Waals surface area contributed by atoms with Crippen molar-refractivity contribution in [1.82, 2.24) is 4.98 Å². The first-order chi connectivity index (χ1) is 6.65. The van der Waals surface area contributed by atoms with Crippen LogP contribution < -0.4 is 5.32 Å². The highest BCUT2D eigenvalue weighted by atomic mass is 16.4. The van der Waals surface area contributed by atoms with E-state index in [0.717, 1.165) is 0 Å². The van der Waals surface area contributed by atoms with Gasteiger partial charge in [-0.05, 0) is 18.1 Å². The first-order valence-corrected chi connectivity index (χ1v) is 3.61. The molecule has 0 saturated carbocycles. The second kappa shape index (κ2) is 4.05. The molecule has 0 aliphatic rings. The van der Waals surface area contributed by atoms with Gasteiger partial charge in [-0.3, -0.25) is 4.79 Å². The first kappa shape index (κ1) is 9.74. The van der Waals surface area contributed by atoms with Crippen LogP contribution in [-0.4, -0.2) is 22.0 Å². The Bertz CT molecular complexity index is 420. The number of aromatic nitrogens is 1. The molecular formula is C9H6N2O3. The molecule has 2 N–H and O–H groups in total.